The maximum Gasteiger partial charge on any atom is 0.271 e. The van der Waals surface area contributed by atoms with Crippen molar-refractivity contribution in [2.75, 3.05) is 26.8 Å². The fourth-order valence-electron chi connectivity index (χ4n) is 2.09. The third-order valence-corrected chi connectivity index (χ3v) is 3.68. The lowest BCUT2D eigenvalue weighted by Gasteiger charge is -2.20. The molecule has 0 fully saturated rings. The largest absolute Gasteiger partial charge is 0.396 e. The van der Waals surface area contributed by atoms with E-state index in [1.165, 1.54) is 4.90 Å². The lowest BCUT2D eigenvalue weighted by atomic mass is 10.1. The SMILES string of the molecule is CN(CC(CO)CO)C(=O)c1cc(-c2ccccc2Cl)n[nH]1. The van der Waals surface area contributed by atoms with Gasteiger partial charge in [0.2, 0.25) is 0 Å². The van der Waals surface area contributed by atoms with Gasteiger partial charge in [-0.1, -0.05) is 29.8 Å². The summed E-state index contributed by atoms with van der Waals surface area (Å²) < 4.78 is 0. The Morgan fingerprint density at radius 3 is 2.68 bits per heavy atom. The summed E-state index contributed by atoms with van der Waals surface area (Å²) in [5.41, 5.74) is 1.65. The van der Waals surface area contributed by atoms with E-state index in [1.54, 1.807) is 19.2 Å². The lowest BCUT2D eigenvalue weighted by Crippen LogP contribution is -2.34. The Labute approximate surface area is 133 Å². The lowest BCUT2D eigenvalue weighted by molar-refractivity contribution is 0.0694. The number of amides is 1. The van der Waals surface area contributed by atoms with Crippen LogP contribution in [0.3, 0.4) is 0 Å². The zero-order chi connectivity index (χ0) is 16.1. The van der Waals surface area contributed by atoms with E-state index in [0.29, 0.717) is 16.4 Å². The Balaban J connectivity index is 2.14. The summed E-state index contributed by atoms with van der Waals surface area (Å²) in [7, 11) is 1.61. The van der Waals surface area contributed by atoms with Gasteiger partial charge in [0.05, 0.1) is 10.7 Å². The molecule has 7 heteroatoms. The Morgan fingerprint density at radius 1 is 1.36 bits per heavy atom. The second-order valence-corrected chi connectivity index (χ2v) is 5.47. The van der Waals surface area contributed by atoms with Gasteiger partial charge in [0.15, 0.2) is 0 Å². The summed E-state index contributed by atoms with van der Waals surface area (Å²) in [6, 6.07) is 8.88. The quantitative estimate of drug-likeness (QED) is 0.749. The maximum absolute atomic E-state index is 12.3. The predicted octanol–water partition coefficient (Wildman–Crippen LogP) is 1.40. The number of aliphatic hydroxyl groups is 2. The van der Waals surface area contributed by atoms with E-state index in [2.05, 4.69) is 10.2 Å². The molecule has 0 bridgehead atoms. The number of hydrogen-bond acceptors (Lipinski definition) is 4. The van der Waals surface area contributed by atoms with Crippen LogP contribution in [0.25, 0.3) is 11.3 Å². The average Bonchev–Trinajstić information content (AvgIpc) is 3.01. The van der Waals surface area contributed by atoms with Crippen molar-refractivity contribution in [1.82, 2.24) is 15.1 Å². The van der Waals surface area contributed by atoms with Crippen LogP contribution in [0.15, 0.2) is 30.3 Å². The van der Waals surface area contributed by atoms with Gasteiger partial charge < -0.3 is 15.1 Å². The summed E-state index contributed by atoms with van der Waals surface area (Å²) in [4.78, 5) is 13.7. The summed E-state index contributed by atoms with van der Waals surface area (Å²) >= 11 is 6.11. The van der Waals surface area contributed by atoms with Gasteiger partial charge in [0.25, 0.3) is 5.91 Å². The molecular formula is C15H18ClN3O3. The monoisotopic (exact) mass is 323 g/mol. The minimum absolute atomic E-state index is 0.179. The zero-order valence-corrected chi connectivity index (χ0v) is 12.9. The number of carbonyl (C=O) groups excluding carboxylic acids is 1. The molecule has 0 saturated carbocycles. The molecule has 0 radical (unpaired) electrons. The molecule has 22 heavy (non-hydrogen) atoms. The predicted molar refractivity (Wildman–Crippen MR) is 83.7 cm³/mol. The van der Waals surface area contributed by atoms with E-state index in [4.69, 9.17) is 21.8 Å². The molecule has 0 atom stereocenters. The van der Waals surface area contributed by atoms with Crippen molar-refractivity contribution in [3.63, 3.8) is 0 Å². The highest BCUT2D eigenvalue weighted by atomic mass is 35.5. The van der Waals surface area contributed by atoms with Crippen molar-refractivity contribution in [1.29, 1.82) is 0 Å². The summed E-state index contributed by atoms with van der Waals surface area (Å²) in [5.74, 6) is -0.627. The van der Waals surface area contributed by atoms with E-state index in [-0.39, 0.29) is 31.6 Å². The van der Waals surface area contributed by atoms with Gasteiger partial charge in [-0.25, -0.2) is 0 Å². The third-order valence-electron chi connectivity index (χ3n) is 3.35. The number of hydrogen-bond donors (Lipinski definition) is 3. The van der Waals surface area contributed by atoms with Gasteiger partial charge in [-0.15, -0.1) is 0 Å². The summed E-state index contributed by atoms with van der Waals surface area (Å²) in [6.07, 6.45) is 0. The second kappa shape index (κ2) is 7.40. The van der Waals surface area contributed by atoms with E-state index in [9.17, 15) is 4.79 Å². The molecule has 6 nitrogen and oxygen atoms in total. The number of benzene rings is 1. The number of halogens is 1. The van der Waals surface area contributed by atoms with Crippen LogP contribution in [0.4, 0.5) is 0 Å². The van der Waals surface area contributed by atoms with Crippen LogP contribution >= 0.6 is 11.6 Å². The number of carbonyl (C=O) groups is 1. The van der Waals surface area contributed by atoms with Gasteiger partial charge in [-0.2, -0.15) is 5.10 Å². The molecule has 2 rings (SSSR count). The molecular weight excluding hydrogens is 306 g/mol. The van der Waals surface area contributed by atoms with Crippen LogP contribution in [-0.4, -0.2) is 58.0 Å². The standard InChI is InChI=1S/C15H18ClN3O3/c1-19(7-10(8-20)9-21)15(22)14-6-13(17-18-14)11-4-2-3-5-12(11)16/h2-6,10,20-21H,7-9H2,1H3,(H,17,18). The molecule has 1 amide bonds. The van der Waals surface area contributed by atoms with Crippen LogP contribution in [0.2, 0.25) is 5.02 Å². The number of nitrogens with one attached hydrogen (secondary N) is 1. The topological polar surface area (TPSA) is 89.4 Å². The van der Waals surface area contributed by atoms with E-state index >= 15 is 0 Å². The first-order chi connectivity index (χ1) is 10.6. The minimum atomic E-state index is -0.361. The molecule has 2 aromatic rings. The van der Waals surface area contributed by atoms with Crippen LogP contribution in [0.5, 0.6) is 0 Å². The molecule has 1 heterocycles. The molecule has 0 spiro atoms. The van der Waals surface area contributed by atoms with Gasteiger partial charge in [-0.05, 0) is 12.1 Å². The number of aromatic amines is 1. The Bertz CT molecular complexity index is 640. The number of aliphatic hydroxyl groups excluding tert-OH is 2. The van der Waals surface area contributed by atoms with Crippen molar-refractivity contribution in [2.45, 2.75) is 0 Å². The smallest absolute Gasteiger partial charge is 0.271 e. The normalized spacial score (nSPS) is 11.0. The van der Waals surface area contributed by atoms with E-state index < -0.39 is 0 Å². The first-order valence-corrected chi connectivity index (χ1v) is 7.22. The molecule has 0 unspecified atom stereocenters. The summed E-state index contributed by atoms with van der Waals surface area (Å²) in [5, 5.41) is 25.5. The number of nitrogens with zero attached hydrogens (tertiary/aromatic N) is 2. The first kappa shape index (κ1) is 16.5. The molecule has 0 aliphatic carbocycles. The maximum atomic E-state index is 12.3. The van der Waals surface area contributed by atoms with Crippen molar-refractivity contribution in [3.05, 3.63) is 41.0 Å². The van der Waals surface area contributed by atoms with Crippen LogP contribution in [-0.2, 0) is 0 Å². The van der Waals surface area contributed by atoms with Crippen LogP contribution < -0.4 is 0 Å². The Kier molecular flexibility index (Phi) is 5.54. The molecule has 0 aliphatic rings. The zero-order valence-electron chi connectivity index (χ0n) is 12.2. The second-order valence-electron chi connectivity index (χ2n) is 5.06. The van der Waals surface area contributed by atoms with Crippen molar-refractivity contribution < 1.29 is 15.0 Å². The van der Waals surface area contributed by atoms with E-state index in [1.807, 2.05) is 18.2 Å². The molecule has 0 saturated heterocycles. The number of rotatable bonds is 6. The first-order valence-electron chi connectivity index (χ1n) is 6.84. The molecule has 3 N–H and O–H groups in total. The van der Waals surface area contributed by atoms with Crippen molar-refractivity contribution in [2.24, 2.45) is 5.92 Å². The van der Waals surface area contributed by atoms with E-state index in [0.717, 1.165) is 5.56 Å². The van der Waals surface area contributed by atoms with Gasteiger partial charge in [-0.3, -0.25) is 9.89 Å². The molecule has 1 aromatic carbocycles. The van der Waals surface area contributed by atoms with Gasteiger partial charge in [0, 0.05) is 38.3 Å². The fourth-order valence-corrected chi connectivity index (χ4v) is 2.32. The molecule has 118 valence electrons. The number of H-pyrrole nitrogens is 1. The van der Waals surface area contributed by atoms with Gasteiger partial charge >= 0.3 is 0 Å². The highest BCUT2D eigenvalue weighted by molar-refractivity contribution is 6.33. The highest BCUT2D eigenvalue weighted by Gasteiger charge is 2.19. The summed E-state index contributed by atoms with van der Waals surface area (Å²) in [6.45, 7) is -0.101. The average molecular weight is 324 g/mol. The number of aromatic nitrogens is 2. The van der Waals surface area contributed by atoms with Crippen molar-refractivity contribution in [3.8, 4) is 11.3 Å². The van der Waals surface area contributed by atoms with Crippen LogP contribution in [0.1, 0.15) is 10.5 Å². The molecule has 0 aliphatic heterocycles. The minimum Gasteiger partial charge on any atom is -0.396 e. The van der Waals surface area contributed by atoms with Crippen LogP contribution in [0, 0.1) is 5.92 Å². The highest BCUT2D eigenvalue weighted by Crippen LogP contribution is 2.26. The Hall–Kier alpha value is -1.89. The van der Waals surface area contributed by atoms with Gasteiger partial charge in [0.1, 0.15) is 5.69 Å². The third kappa shape index (κ3) is 3.65. The van der Waals surface area contributed by atoms with Crippen molar-refractivity contribution >= 4 is 17.5 Å². The molecule has 1 aromatic heterocycles. The Morgan fingerprint density at radius 2 is 2.05 bits per heavy atom. The fraction of sp³-hybridized carbons (Fsp3) is 0.333.